The van der Waals surface area contributed by atoms with Gasteiger partial charge in [0.1, 0.15) is 30.9 Å². The molecule has 5 rings (SSSR count). The average molecular weight is 415 g/mol. The number of carbonyl (C=O) groups is 2. The van der Waals surface area contributed by atoms with Gasteiger partial charge in [-0.1, -0.05) is 48.5 Å². The number of allylic oxidation sites excluding steroid dienone is 2. The molecule has 1 atom stereocenters. The normalized spacial score (nSPS) is 19.7. The third-order valence-corrected chi connectivity index (χ3v) is 5.42. The predicted octanol–water partition coefficient (Wildman–Crippen LogP) is 2.62. The van der Waals surface area contributed by atoms with E-state index in [0.717, 1.165) is 11.3 Å². The largest absolute Gasteiger partial charge is 0.489 e. The van der Waals surface area contributed by atoms with E-state index in [1.807, 2.05) is 66.8 Å². The lowest BCUT2D eigenvalue weighted by Gasteiger charge is -2.33. The van der Waals surface area contributed by atoms with E-state index in [2.05, 4.69) is 10.3 Å². The lowest BCUT2D eigenvalue weighted by Crippen LogP contribution is -2.56. The predicted molar refractivity (Wildman–Crippen MR) is 117 cm³/mol. The molecule has 0 radical (unpaired) electrons. The second-order valence-electron chi connectivity index (χ2n) is 7.32. The van der Waals surface area contributed by atoms with Gasteiger partial charge in [0, 0.05) is 12.6 Å². The fourth-order valence-corrected chi connectivity index (χ4v) is 3.83. The summed E-state index contributed by atoms with van der Waals surface area (Å²) < 4.78 is 5.80. The summed E-state index contributed by atoms with van der Waals surface area (Å²) >= 11 is 0. The molecule has 0 spiro atoms. The van der Waals surface area contributed by atoms with E-state index in [9.17, 15) is 9.59 Å². The number of benzene rings is 2. The summed E-state index contributed by atoms with van der Waals surface area (Å²) in [5.41, 5.74) is 2.47. The summed E-state index contributed by atoms with van der Waals surface area (Å²) in [6.07, 6.45) is 5.70. The molecule has 0 saturated heterocycles. The Balaban J connectivity index is 1.36. The number of aliphatic imine (C=N–C) groups is 1. The highest BCUT2D eigenvalue weighted by Crippen LogP contribution is 2.31. The second-order valence-corrected chi connectivity index (χ2v) is 7.32. The van der Waals surface area contributed by atoms with Crippen LogP contribution in [0.15, 0.2) is 77.8 Å². The van der Waals surface area contributed by atoms with Crippen molar-refractivity contribution in [2.75, 3.05) is 25.2 Å². The topological polar surface area (TPSA) is 77.5 Å². The maximum Gasteiger partial charge on any atom is 0.339 e. The lowest BCUT2D eigenvalue weighted by atomic mass is 10.1. The summed E-state index contributed by atoms with van der Waals surface area (Å²) in [5.74, 6) is 1.04. The fraction of sp³-hybridized carbons (Fsp3) is 0.174. The Morgan fingerprint density at radius 1 is 1.13 bits per heavy atom. The first-order valence-electron chi connectivity index (χ1n) is 9.99. The van der Waals surface area contributed by atoms with Crippen molar-refractivity contribution in [3.8, 4) is 5.75 Å². The van der Waals surface area contributed by atoms with Crippen molar-refractivity contribution < 1.29 is 14.3 Å². The smallest absolute Gasteiger partial charge is 0.339 e. The molecule has 8 nitrogen and oxygen atoms in total. The number of fused-ring (bicyclic) bond motifs is 2. The van der Waals surface area contributed by atoms with Crippen molar-refractivity contribution >= 4 is 29.2 Å². The zero-order chi connectivity index (χ0) is 21.4. The first-order chi connectivity index (χ1) is 15.1. The number of likely N-dealkylation sites (N-methyl/N-ethyl adjacent to an activating group) is 1. The first-order valence-corrected chi connectivity index (χ1v) is 9.99. The summed E-state index contributed by atoms with van der Waals surface area (Å²) in [6, 6.07) is 15.9. The quantitative estimate of drug-likeness (QED) is 0.818. The molecule has 156 valence electrons. The Kier molecular flexibility index (Phi) is 4.66. The molecule has 3 amide bonds. The number of hydrogen-bond acceptors (Lipinski definition) is 5. The van der Waals surface area contributed by atoms with Crippen molar-refractivity contribution in [3.05, 3.63) is 78.4 Å². The van der Waals surface area contributed by atoms with Gasteiger partial charge in [-0.05, 0) is 24.3 Å². The SMILES string of the molecule is CN1C(=O)[C@@H](NC(=O)N2CN=C3C=CC=C(c4ccccc4)N32)COc2ccccc21. The summed E-state index contributed by atoms with van der Waals surface area (Å²) in [5, 5.41) is 6.08. The van der Waals surface area contributed by atoms with E-state index in [0.29, 0.717) is 17.3 Å². The number of hydrazine groups is 1. The molecule has 0 saturated carbocycles. The van der Waals surface area contributed by atoms with Gasteiger partial charge < -0.3 is 15.0 Å². The van der Waals surface area contributed by atoms with Gasteiger partial charge in [0.2, 0.25) is 0 Å². The molecule has 2 aromatic carbocycles. The van der Waals surface area contributed by atoms with Gasteiger partial charge in [0.25, 0.3) is 5.91 Å². The molecule has 0 aliphatic carbocycles. The van der Waals surface area contributed by atoms with E-state index in [-0.39, 0.29) is 19.2 Å². The van der Waals surface area contributed by atoms with Crippen LogP contribution in [0.2, 0.25) is 0 Å². The monoisotopic (exact) mass is 415 g/mol. The van der Waals surface area contributed by atoms with Crippen LogP contribution in [0.4, 0.5) is 10.5 Å². The van der Waals surface area contributed by atoms with Crippen LogP contribution in [-0.4, -0.2) is 54.2 Å². The van der Waals surface area contributed by atoms with Crippen LogP contribution in [-0.2, 0) is 4.79 Å². The fourth-order valence-electron chi connectivity index (χ4n) is 3.83. The van der Waals surface area contributed by atoms with Gasteiger partial charge in [0.15, 0.2) is 0 Å². The van der Waals surface area contributed by atoms with E-state index in [1.165, 1.54) is 9.91 Å². The van der Waals surface area contributed by atoms with Crippen molar-refractivity contribution in [2.45, 2.75) is 6.04 Å². The maximum atomic E-state index is 13.2. The molecule has 3 aliphatic heterocycles. The number of rotatable bonds is 2. The number of amidine groups is 1. The Morgan fingerprint density at radius 2 is 1.90 bits per heavy atom. The van der Waals surface area contributed by atoms with Crippen molar-refractivity contribution in [3.63, 3.8) is 0 Å². The number of carbonyl (C=O) groups excluding carboxylic acids is 2. The number of urea groups is 1. The average Bonchev–Trinajstić information content (AvgIpc) is 3.21. The molecule has 31 heavy (non-hydrogen) atoms. The molecule has 0 aromatic heterocycles. The summed E-state index contributed by atoms with van der Waals surface area (Å²) in [4.78, 5) is 32.2. The van der Waals surface area contributed by atoms with E-state index >= 15 is 0 Å². The number of nitrogens with zero attached hydrogens (tertiary/aromatic N) is 4. The summed E-state index contributed by atoms with van der Waals surface area (Å²) in [6.45, 7) is 0.211. The first kappa shape index (κ1) is 18.9. The van der Waals surface area contributed by atoms with Crippen molar-refractivity contribution in [1.82, 2.24) is 15.3 Å². The Hall–Kier alpha value is -4.07. The van der Waals surface area contributed by atoms with Gasteiger partial charge in [-0.25, -0.2) is 19.8 Å². The molecule has 1 N–H and O–H groups in total. The number of ether oxygens (including phenoxy) is 1. The summed E-state index contributed by atoms with van der Waals surface area (Å²) in [7, 11) is 1.68. The van der Waals surface area contributed by atoms with Gasteiger partial charge in [-0.2, -0.15) is 0 Å². The second kappa shape index (κ2) is 7.64. The van der Waals surface area contributed by atoms with Gasteiger partial charge in [-0.3, -0.25) is 4.79 Å². The molecule has 3 aliphatic rings. The minimum atomic E-state index is -0.821. The van der Waals surface area contributed by atoms with Crippen molar-refractivity contribution in [1.29, 1.82) is 0 Å². The van der Waals surface area contributed by atoms with Gasteiger partial charge in [-0.15, -0.1) is 0 Å². The minimum absolute atomic E-state index is 0.0504. The zero-order valence-corrected chi connectivity index (χ0v) is 16.9. The number of anilines is 1. The number of hydrogen-bond donors (Lipinski definition) is 1. The number of nitrogens with one attached hydrogen (secondary N) is 1. The van der Waals surface area contributed by atoms with Crippen LogP contribution in [0.1, 0.15) is 5.56 Å². The van der Waals surface area contributed by atoms with Crippen LogP contribution in [0.5, 0.6) is 5.75 Å². The van der Waals surface area contributed by atoms with Crippen LogP contribution < -0.4 is 15.0 Å². The molecule has 0 unspecified atom stereocenters. The zero-order valence-electron chi connectivity index (χ0n) is 16.9. The maximum absolute atomic E-state index is 13.2. The van der Waals surface area contributed by atoms with Crippen LogP contribution in [0.3, 0.4) is 0 Å². The molecular formula is C23H21N5O3. The van der Waals surface area contributed by atoms with Crippen LogP contribution in [0.25, 0.3) is 5.70 Å². The third kappa shape index (κ3) is 3.31. The highest BCUT2D eigenvalue weighted by molar-refractivity contribution is 6.04. The standard InChI is InChI=1S/C23H21N5O3/c1-26-19-10-5-6-12-20(19)31-14-17(22(26)29)25-23(30)27-15-24-21-13-7-11-18(28(21)27)16-8-3-2-4-9-16/h2-13,17H,14-15H2,1H3,(H,25,30)/t17-/m0/s1. The molecule has 0 bridgehead atoms. The van der Waals surface area contributed by atoms with E-state index in [1.54, 1.807) is 18.1 Å². The molecule has 0 fully saturated rings. The molecule has 8 heteroatoms. The Bertz CT molecular complexity index is 1130. The van der Waals surface area contributed by atoms with Gasteiger partial charge in [0.05, 0.1) is 11.4 Å². The number of amides is 3. The highest BCUT2D eigenvalue weighted by Gasteiger charge is 2.36. The Labute approximate surface area is 179 Å². The minimum Gasteiger partial charge on any atom is -0.489 e. The van der Waals surface area contributed by atoms with Crippen molar-refractivity contribution in [2.24, 2.45) is 4.99 Å². The van der Waals surface area contributed by atoms with Gasteiger partial charge >= 0.3 is 6.03 Å². The van der Waals surface area contributed by atoms with E-state index in [4.69, 9.17) is 4.74 Å². The lowest BCUT2D eigenvalue weighted by molar-refractivity contribution is -0.120. The van der Waals surface area contributed by atoms with Crippen LogP contribution in [0, 0.1) is 0 Å². The Morgan fingerprint density at radius 3 is 2.74 bits per heavy atom. The molecule has 3 heterocycles. The molecular weight excluding hydrogens is 394 g/mol. The third-order valence-electron chi connectivity index (χ3n) is 5.42. The van der Waals surface area contributed by atoms with Crippen LogP contribution >= 0.6 is 0 Å². The molecule has 2 aromatic rings. The highest BCUT2D eigenvalue weighted by atomic mass is 16.5. The number of para-hydroxylation sites is 2. The van der Waals surface area contributed by atoms with E-state index < -0.39 is 12.1 Å².